The number of alkyl halides is 1. The average Bonchev–Trinajstić information content (AvgIpc) is 2.89. The highest BCUT2D eigenvalue weighted by Crippen LogP contribution is 2.17. The predicted molar refractivity (Wildman–Crippen MR) is 143 cm³/mol. The van der Waals surface area contributed by atoms with Crippen molar-refractivity contribution in [3.8, 4) is 0 Å². The molecule has 0 aliphatic carbocycles. The van der Waals surface area contributed by atoms with Crippen molar-refractivity contribution in [3.63, 3.8) is 0 Å². The molecule has 0 amide bonds. The van der Waals surface area contributed by atoms with Gasteiger partial charge in [0.25, 0.3) is 0 Å². The van der Waals surface area contributed by atoms with Crippen LogP contribution in [0.3, 0.4) is 0 Å². The van der Waals surface area contributed by atoms with Crippen LogP contribution in [0.25, 0.3) is 0 Å². The number of rotatable bonds is 31. The van der Waals surface area contributed by atoms with Gasteiger partial charge in [-0.25, -0.2) is 0 Å². The molecule has 0 spiro atoms. The number of hydrogen-bond donors (Lipinski definition) is 0. The molecule has 0 atom stereocenters. The van der Waals surface area contributed by atoms with Crippen LogP contribution in [0.15, 0.2) is 0 Å². The summed E-state index contributed by atoms with van der Waals surface area (Å²) in [6.07, 6.45) is 0. The summed E-state index contributed by atoms with van der Waals surface area (Å²) in [4.78, 5) is 11.5. The van der Waals surface area contributed by atoms with Gasteiger partial charge in [0, 0.05) is 7.11 Å². The molecule has 0 aromatic carbocycles. The highest BCUT2D eigenvalue weighted by Gasteiger charge is 2.25. The quantitative estimate of drug-likeness (QED) is 0.0634. The van der Waals surface area contributed by atoms with Crippen molar-refractivity contribution >= 4 is 21.9 Å². The minimum Gasteiger partial charge on any atom is -0.462 e. The standard InChI is InChI=1S/C25H49BrO12/c1-25(2,26)24(27)38-23-22-37-21-20-36-19-18-35-17-16-34-15-14-33-13-12-32-11-10-31-9-8-30-7-6-29-5-4-28-3/h4-23H2,1-3H3. The maximum Gasteiger partial charge on any atom is 0.322 e. The molecule has 0 saturated carbocycles. The van der Waals surface area contributed by atoms with Gasteiger partial charge in [-0.1, -0.05) is 15.9 Å². The Kier molecular flexibility index (Phi) is 29.2. The lowest BCUT2D eigenvalue weighted by Crippen LogP contribution is -2.27. The summed E-state index contributed by atoms with van der Waals surface area (Å²) < 4.78 is 57.8. The zero-order valence-electron chi connectivity index (χ0n) is 23.4. The van der Waals surface area contributed by atoms with Crippen LogP contribution in [0.5, 0.6) is 0 Å². The Hall–Kier alpha value is -0.450. The summed E-state index contributed by atoms with van der Waals surface area (Å²) in [7, 11) is 1.64. The number of esters is 1. The van der Waals surface area contributed by atoms with E-state index in [2.05, 4.69) is 15.9 Å². The van der Waals surface area contributed by atoms with E-state index in [-0.39, 0.29) is 12.6 Å². The van der Waals surface area contributed by atoms with Gasteiger partial charge in [0.1, 0.15) is 10.9 Å². The maximum atomic E-state index is 11.5. The fraction of sp³-hybridized carbons (Fsp3) is 0.960. The Bertz CT molecular complexity index is 493. The molecule has 0 fully saturated rings. The molecule has 0 heterocycles. The summed E-state index contributed by atoms with van der Waals surface area (Å²) in [5.41, 5.74) is 0. The molecule has 0 unspecified atom stereocenters. The Balaban J connectivity index is 3.08. The molecule has 0 N–H and O–H groups in total. The van der Waals surface area contributed by atoms with E-state index in [1.54, 1.807) is 21.0 Å². The Morgan fingerprint density at radius 3 is 0.868 bits per heavy atom. The van der Waals surface area contributed by atoms with Crippen molar-refractivity contribution < 1.29 is 56.9 Å². The van der Waals surface area contributed by atoms with Gasteiger partial charge in [-0.3, -0.25) is 4.79 Å². The largest absolute Gasteiger partial charge is 0.462 e. The zero-order chi connectivity index (χ0) is 28.0. The molecule has 0 aromatic rings. The minimum absolute atomic E-state index is 0.218. The number of halogens is 1. The van der Waals surface area contributed by atoms with E-state index in [4.69, 9.17) is 52.1 Å². The molecular weight excluding hydrogens is 572 g/mol. The van der Waals surface area contributed by atoms with Crippen LogP contribution in [-0.4, -0.2) is 150 Å². The van der Waals surface area contributed by atoms with Crippen molar-refractivity contribution in [1.82, 2.24) is 0 Å². The highest BCUT2D eigenvalue weighted by atomic mass is 79.9. The lowest BCUT2D eigenvalue weighted by Gasteiger charge is -2.14. The van der Waals surface area contributed by atoms with Gasteiger partial charge in [-0.05, 0) is 13.8 Å². The Morgan fingerprint density at radius 1 is 0.447 bits per heavy atom. The van der Waals surface area contributed by atoms with E-state index in [0.29, 0.717) is 126 Å². The van der Waals surface area contributed by atoms with E-state index in [0.717, 1.165) is 0 Å². The van der Waals surface area contributed by atoms with Gasteiger partial charge < -0.3 is 52.1 Å². The fourth-order valence-electron chi connectivity index (χ4n) is 2.37. The molecule has 13 heteroatoms. The first-order valence-corrected chi connectivity index (χ1v) is 13.8. The van der Waals surface area contributed by atoms with Gasteiger partial charge in [0.05, 0.1) is 126 Å². The van der Waals surface area contributed by atoms with Gasteiger partial charge in [0.2, 0.25) is 0 Å². The second-order valence-electron chi connectivity index (χ2n) is 8.11. The average molecular weight is 622 g/mol. The third-order valence-electron chi connectivity index (χ3n) is 4.35. The van der Waals surface area contributed by atoms with E-state index < -0.39 is 4.32 Å². The minimum atomic E-state index is -0.681. The molecule has 0 aliphatic heterocycles. The number of hydrogen-bond acceptors (Lipinski definition) is 12. The second-order valence-corrected chi connectivity index (χ2v) is 10.1. The molecule has 0 saturated heterocycles. The number of ether oxygens (including phenoxy) is 11. The Morgan fingerprint density at radius 2 is 0.658 bits per heavy atom. The van der Waals surface area contributed by atoms with Gasteiger partial charge in [-0.2, -0.15) is 0 Å². The third-order valence-corrected chi connectivity index (χ3v) is 4.68. The molecule has 0 bridgehead atoms. The van der Waals surface area contributed by atoms with Crippen LogP contribution in [0.1, 0.15) is 13.8 Å². The summed E-state index contributed by atoms with van der Waals surface area (Å²) in [6, 6.07) is 0. The highest BCUT2D eigenvalue weighted by molar-refractivity contribution is 9.10. The number of carbonyl (C=O) groups excluding carboxylic acids is 1. The molecule has 12 nitrogen and oxygen atoms in total. The summed E-state index contributed by atoms with van der Waals surface area (Å²) in [5, 5.41) is 0. The molecule has 0 aromatic heterocycles. The van der Waals surface area contributed by atoms with E-state index >= 15 is 0 Å². The van der Waals surface area contributed by atoms with E-state index in [1.165, 1.54) is 0 Å². The SMILES string of the molecule is COCCOCCOCCOCCOCCOCCOCCOCCOCCOCCOC(=O)C(C)(C)Br. The zero-order valence-corrected chi connectivity index (χ0v) is 25.0. The lowest BCUT2D eigenvalue weighted by atomic mass is 10.2. The van der Waals surface area contributed by atoms with Crippen molar-refractivity contribution in [2.24, 2.45) is 0 Å². The van der Waals surface area contributed by atoms with E-state index in [9.17, 15) is 4.79 Å². The van der Waals surface area contributed by atoms with Gasteiger partial charge in [0.15, 0.2) is 0 Å². The van der Waals surface area contributed by atoms with Crippen LogP contribution in [-0.2, 0) is 56.9 Å². The first-order valence-electron chi connectivity index (χ1n) is 13.0. The van der Waals surface area contributed by atoms with Crippen molar-refractivity contribution in [2.75, 3.05) is 139 Å². The first kappa shape index (κ1) is 37.6. The van der Waals surface area contributed by atoms with Crippen molar-refractivity contribution in [3.05, 3.63) is 0 Å². The molecule has 228 valence electrons. The summed E-state index contributed by atoms with van der Waals surface area (Å²) in [6.45, 7) is 13.2. The van der Waals surface area contributed by atoms with Crippen molar-refractivity contribution in [1.29, 1.82) is 0 Å². The molecule has 0 aliphatic rings. The second kappa shape index (κ2) is 29.5. The molecular formula is C25H49BrO12. The van der Waals surface area contributed by atoms with Crippen LogP contribution in [0.2, 0.25) is 0 Å². The van der Waals surface area contributed by atoms with Crippen LogP contribution in [0.4, 0.5) is 0 Å². The van der Waals surface area contributed by atoms with E-state index in [1.807, 2.05) is 0 Å². The first-order chi connectivity index (χ1) is 18.5. The topological polar surface area (TPSA) is 119 Å². The number of methoxy groups -OCH3 is 1. The van der Waals surface area contributed by atoms with Crippen LogP contribution < -0.4 is 0 Å². The smallest absolute Gasteiger partial charge is 0.322 e. The summed E-state index contributed by atoms with van der Waals surface area (Å²) in [5.74, 6) is -0.316. The fourth-order valence-corrected chi connectivity index (χ4v) is 2.48. The lowest BCUT2D eigenvalue weighted by molar-refractivity contribution is -0.147. The Labute approximate surface area is 236 Å². The molecule has 0 radical (unpaired) electrons. The van der Waals surface area contributed by atoms with Crippen molar-refractivity contribution in [2.45, 2.75) is 18.2 Å². The van der Waals surface area contributed by atoms with Gasteiger partial charge in [-0.15, -0.1) is 0 Å². The van der Waals surface area contributed by atoms with Crippen LogP contribution in [0, 0.1) is 0 Å². The summed E-state index contributed by atoms with van der Waals surface area (Å²) >= 11 is 3.24. The van der Waals surface area contributed by atoms with Gasteiger partial charge >= 0.3 is 5.97 Å². The van der Waals surface area contributed by atoms with Crippen LogP contribution >= 0.6 is 15.9 Å². The number of carbonyl (C=O) groups is 1. The normalized spacial score (nSPS) is 11.8. The predicted octanol–water partition coefficient (Wildman–Crippen LogP) is 1.50. The monoisotopic (exact) mass is 620 g/mol. The maximum absolute atomic E-state index is 11.5. The third kappa shape index (κ3) is 30.1. The molecule has 0 rings (SSSR count). The molecule has 38 heavy (non-hydrogen) atoms.